The number of nitrogens with one attached hydrogen (secondary N) is 1. The maximum absolute atomic E-state index is 13.1. The zero-order chi connectivity index (χ0) is 12.4. The largest absolute Gasteiger partial charge is 0.397 e. The van der Waals surface area contributed by atoms with E-state index in [0.717, 1.165) is 25.7 Å². The molecular formula is C12H16ClFN2O. The van der Waals surface area contributed by atoms with Crippen molar-refractivity contribution in [3.8, 4) is 0 Å². The van der Waals surface area contributed by atoms with Gasteiger partial charge in [-0.25, -0.2) is 4.39 Å². The number of anilines is 2. The molecule has 0 saturated heterocycles. The lowest BCUT2D eigenvalue weighted by molar-refractivity contribution is 0.116. The van der Waals surface area contributed by atoms with Crippen molar-refractivity contribution < 1.29 is 9.50 Å². The second kappa shape index (κ2) is 5.10. The molecule has 1 aromatic carbocycles. The zero-order valence-corrected chi connectivity index (χ0v) is 10.2. The first-order valence-electron chi connectivity index (χ1n) is 5.77. The molecule has 0 bridgehead atoms. The van der Waals surface area contributed by atoms with Crippen LogP contribution in [-0.2, 0) is 0 Å². The van der Waals surface area contributed by atoms with Crippen molar-refractivity contribution in [3.05, 3.63) is 23.0 Å². The maximum atomic E-state index is 13.1. The van der Waals surface area contributed by atoms with Gasteiger partial charge in [-0.15, -0.1) is 0 Å². The smallest absolute Gasteiger partial charge is 0.143 e. The van der Waals surface area contributed by atoms with Crippen LogP contribution < -0.4 is 11.1 Å². The summed E-state index contributed by atoms with van der Waals surface area (Å²) < 4.78 is 13.1. The molecule has 1 saturated carbocycles. The minimum atomic E-state index is -0.529. The summed E-state index contributed by atoms with van der Waals surface area (Å²) in [4.78, 5) is 0. The van der Waals surface area contributed by atoms with Crippen LogP contribution in [0, 0.1) is 5.82 Å². The van der Waals surface area contributed by atoms with E-state index < -0.39 is 5.82 Å². The van der Waals surface area contributed by atoms with E-state index in [1.807, 2.05) is 0 Å². The molecule has 2 atom stereocenters. The first-order chi connectivity index (χ1) is 8.08. The van der Waals surface area contributed by atoms with E-state index in [-0.39, 0.29) is 17.2 Å². The molecule has 2 rings (SSSR count). The fourth-order valence-corrected chi connectivity index (χ4v) is 2.33. The van der Waals surface area contributed by atoms with Gasteiger partial charge in [0.15, 0.2) is 0 Å². The molecule has 5 heteroatoms. The van der Waals surface area contributed by atoms with Gasteiger partial charge in [0.05, 0.1) is 28.5 Å². The highest BCUT2D eigenvalue weighted by atomic mass is 35.5. The van der Waals surface area contributed by atoms with Gasteiger partial charge < -0.3 is 16.2 Å². The topological polar surface area (TPSA) is 58.3 Å². The lowest BCUT2D eigenvalue weighted by Crippen LogP contribution is -2.36. The summed E-state index contributed by atoms with van der Waals surface area (Å²) >= 11 is 5.71. The van der Waals surface area contributed by atoms with E-state index in [9.17, 15) is 9.50 Å². The fraction of sp³-hybridized carbons (Fsp3) is 0.500. The Hall–Kier alpha value is -1.00. The zero-order valence-electron chi connectivity index (χ0n) is 9.42. The van der Waals surface area contributed by atoms with Crippen LogP contribution in [0.3, 0.4) is 0 Å². The molecule has 0 spiro atoms. The molecule has 0 aliphatic heterocycles. The first-order valence-corrected chi connectivity index (χ1v) is 6.15. The average Bonchev–Trinajstić information content (AvgIpc) is 2.29. The maximum Gasteiger partial charge on any atom is 0.143 e. The molecule has 1 aliphatic carbocycles. The monoisotopic (exact) mass is 258 g/mol. The van der Waals surface area contributed by atoms with Crippen molar-refractivity contribution in [1.29, 1.82) is 0 Å². The van der Waals surface area contributed by atoms with Gasteiger partial charge in [-0.3, -0.25) is 0 Å². The van der Waals surface area contributed by atoms with Crippen LogP contribution >= 0.6 is 11.6 Å². The van der Waals surface area contributed by atoms with Gasteiger partial charge in [0, 0.05) is 6.07 Å². The number of hydrogen-bond acceptors (Lipinski definition) is 3. The van der Waals surface area contributed by atoms with Crippen LogP contribution in [0.5, 0.6) is 0 Å². The van der Waals surface area contributed by atoms with Crippen molar-refractivity contribution in [2.24, 2.45) is 0 Å². The fourth-order valence-electron chi connectivity index (χ4n) is 2.17. The minimum absolute atomic E-state index is 0.0343. The summed E-state index contributed by atoms with van der Waals surface area (Å²) in [6.07, 6.45) is 3.40. The molecule has 0 aromatic heterocycles. The summed E-state index contributed by atoms with van der Waals surface area (Å²) in [6.45, 7) is 0. The van der Waals surface area contributed by atoms with E-state index in [1.54, 1.807) is 0 Å². The molecule has 0 radical (unpaired) electrons. The highest BCUT2D eigenvalue weighted by Gasteiger charge is 2.23. The van der Waals surface area contributed by atoms with Crippen LogP contribution in [0.25, 0.3) is 0 Å². The predicted molar refractivity (Wildman–Crippen MR) is 67.7 cm³/mol. The van der Waals surface area contributed by atoms with E-state index in [1.165, 1.54) is 12.1 Å². The van der Waals surface area contributed by atoms with Gasteiger partial charge in [-0.05, 0) is 18.9 Å². The summed E-state index contributed by atoms with van der Waals surface area (Å²) in [5.41, 5.74) is 6.61. The average molecular weight is 259 g/mol. The van der Waals surface area contributed by atoms with Crippen molar-refractivity contribution in [1.82, 2.24) is 0 Å². The number of halogens is 2. The van der Waals surface area contributed by atoms with Crippen molar-refractivity contribution >= 4 is 23.0 Å². The van der Waals surface area contributed by atoms with Gasteiger partial charge in [0.2, 0.25) is 0 Å². The SMILES string of the molecule is Nc1cc(F)c(Cl)cc1NC1CCCCC1O. The Kier molecular flexibility index (Phi) is 3.74. The molecule has 4 N–H and O–H groups in total. The Morgan fingerprint density at radius 1 is 1.35 bits per heavy atom. The third-order valence-electron chi connectivity index (χ3n) is 3.16. The second-order valence-corrected chi connectivity index (χ2v) is 4.86. The highest BCUT2D eigenvalue weighted by molar-refractivity contribution is 6.31. The molecule has 0 heterocycles. The number of aliphatic hydroxyl groups excluding tert-OH is 1. The molecular weight excluding hydrogens is 243 g/mol. The summed E-state index contributed by atoms with van der Waals surface area (Å²) in [7, 11) is 0. The molecule has 2 unspecified atom stereocenters. The van der Waals surface area contributed by atoms with Gasteiger partial charge in [-0.1, -0.05) is 24.4 Å². The Morgan fingerprint density at radius 3 is 2.76 bits per heavy atom. The third kappa shape index (κ3) is 2.82. The lowest BCUT2D eigenvalue weighted by atomic mass is 9.92. The number of hydrogen-bond donors (Lipinski definition) is 3. The Morgan fingerprint density at radius 2 is 2.06 bits per heavy atom. The second-order valence-electron chi connectivity index (χ2n) is 4.46. The first kappa shape index (κ1) is 12.5. The third-order valence-corrected chi connectivity index (χ3v) is 3.45. The van der Waals surface area contributed by atoms with Gasteiger partial charge in [-0.2, -0.15) is 0 Å². The Labute approximate surface area is 105 Å². The van der Waals surface area contributed by atoms with Crippen LogP contribution in [0.15, 0.2) is 12.1 Å². The van der Waals surface area contributed by atoms with Crippen molar-refractivity contribution in [2.75, 3.05) is 11.1 Å². The Balaban J connectivity index is 2.15. The number of nitrogen functional groups attached to an aromatic ring is 1. The standard InChI is InChI=1S/C12H16ClFN2O/c13-7-5-11(9(15)6-8(7)14)16-10-3-1-2-4-12(10)17/h5-6,10,12,16-17H,1-4,15H2. The quantitative estimate of drug-likeness (QED) is 0.715. The minimum Gasteiger partial charge on any atom is -0.397 e. The number of benzene rings is 1. The number of rotatable bonds is 2. The molecule has 1 fully saturated rings. The van der Waals surface area contributed by atoms with Crippen LogP contribution in [0.4, 0.5) is 15.8 Å². The van der Waals surface area contributed by atoms with Crippen molar-refractivity contribution in [2.45, 2.75) is 37.8 Å². The molecule has 0 amide bonds. The van der Waals surface area contributed by atoms with Gasteiger partial charge in [0.1, 0.15) is 5.82 Å². The highest BCUT2D eigenvalue weighted by Crippen LogP contribution is 2.29. The van der Waals surface area contributed by atoms with E-state index in [4.69, 9.17) is 17.3 Å². The number of aliphatic hydroxyl groups is 1. The van der Waals surface area contributed by atoms with Crippen LogP contribution in [0.1, 0.15) is 25.7 Å². The Bertz CT molecular complexity index is 414. The summed E-state index contributed by atoms with van der Waals surface area (Å²) in [5, 5.41) is 13.0. The molecule has 17 heavy (non-hydrogen) atoms. The van der Waals surface area contributed by atoms with Crippen LogP contribution in [0.2, 0.25) is 5.02 Å². The van der Waals surface area contributed by atoms with E-state index in [0.29, 0.717) is 11.4 Å². The van der Waals surface area contributed by atoms with E-state index in [2.05, 4.69) is 5.32 Å². The number of nitrogens with two attached hydrogens (primary N) is 1. The van der Waals surface area contributed by atoms with Crippen molar-refractivity contribution in [3.63, 3.8) is 0 Å². The van der Waals surface area contributed by atoms with Gasteiger partial charge in [0.25, 0.3) is 0 Å². The normalized spacial score (nSPS) is 24.6. The molecule has 1 aromatic rings. The lowest BCUT2D eigenvalue weighted by Gasteiger charge is -2.29. The van der Waals surface area contributed by atoms with Gasteiger partial charge >= 0.3 is 0 Å². The molecule has 94 valence electrons. The molecule has 3 nitrogen and oxygen atoms in total. The van der Waals surface area contributed by atoms with Crippen LogP contribution in [-0.4, -0.2) is 17.3 Å². The summed E-state index contributed by atoms with van der Waals surface area (Å²) in [6, 6.07) is 2.63. The summed E-state index contributed by atoms with van der Waals surface area (Å²) in [5.74, 6) is -0.529. The van der Waals surface area contributed by atoms with E-state index >= 15 is 0 Å². The predicted octanol–water partition coefficient (Wildman–Crippen LogP) is 2.78. The molecule has 1 aliphatic rings.